The van der Waals surface area contributed by atoms with Gasteiger partial charge in [-0.05, 0) is 54.3 Å². The van der Waals surface area contributed by atoms with Crippen LogP contribution in [0.1, 0.15) is 48.8 Å². The first kappa shape index (κ1) is 24.4. The number of pyridine rings is 1. The lowest BCUT2D eigenvalue weighted by Crippen LogP contribution is -2.35. The summed E-state index contributed by atoms with van der Waals surface area (Å²) >= 11 is 6.02. The molecule has 4 rings (SSSR count). The maximum Gasteiger partial charge on any atom is 0.229 e. The van der Waals surface area contributed by atoms with Gasteiger partial charge in [0.1, 0.15) is 5.82 Å². The maximum atomic E-state index is 12.5. The fraction of sp³-hybridized carbons (Fsp3) is 0.308. The van der Waals surface area contributed by atoms with Gasteiger partial charge >= 0.3 is 0 Å². The number of halogens is 1. The molecule has 178 valence electrons. The monoisotopic (exact) mass is 498 g/mol. The van der Waals surface area contributed by atoms with E-state index in [2.05, 4.69) is 10.3 Å². The van der Waals surface area contributed by atoms with Crippen LogP contribution in [0, 0.1) is 0 Å². The van der Waals surface area contributed by atoms with Gasteiger partial charge < -0.3 is 10.4 Å². The molecular weight excluding hydrogens is 472 g/mol. The predicted molar refractivity (Wildman–Crippen MR) is 133 cm³/mol. The highest BCUT2D eigenvalue weighted by atomic mass is 35.5. The first-order chi connectivity index (χ1) is 16.1. The van der Waals surface area contributed by atoms with Crippen LogP contribution in [0.5, 0.6) is 0 Å². The molecule has 0 aliphatic heterocycles. The van der Waals surface area contributed by atoms with Crippen molar-refractivity contribution in [3.05, 3.63) is 88.1 Å². The number of fused-ring (bicyclic) bond motifs is 1. The summed E-state index contributed by atoms with van der Waals surface area (Å²) in [6.45, 7) is 3.63. The molecule has 2 atom stereocenters. The molecule has 1 aliphatic rings. The van der Waals surface area contributed by atoms with Crippen LogP contribution in [0.25, 0.3) is 0 Å². The molecule has 1 heterocycles. The van der Waals surface area contributed by atoms with Crippen LogP contribution in [0.2, 0.25) is 5.02 Å². The Balaban J connectivity index is 1.45. The number of nitrogens with one attached hydrogen (secondary N) is 1. The SMILES string of the molecule is CCS(=O)(=O)c1ccc(CC(=O)Nc2ccc3c(n2)CCC(C)(c2ccc(Cl)cc2)C3O)cc1. The molecule has 0 fully saturated rings. The smallest absolute Gasteiger partial charge is 0.229 e. The van der Waals surface area contributed by atoms with Gasteiger partial charge in [-0.15, -0.1) is 0 Å². The summed E-state index contributed by atoms with van der Waals surface area (Å²) in [5.41, 5.74) is 2.80. The molecule has 0 saturated carbocycles. The van der Waals surface area contributed by atoms with Gasteiger partial charge in [0.2, 0.25) is 5.91 Å². The summed E-state index contributed by atoms with van der Waals surface area (Å²) in [5.74, 6) is 0.210. The highest BCUT2D eigenvalue weighted by Gasteiger charge is 2.40. The van der Waals surface area contributed by atoms with Gasteiger partial charge in [-0.1, -0.05) is 55.8 Å². The second kappa shape index (κ2) is 9.49. The molecular formula is C26H27ClN2O4S. The lowest BCUT2D eigenvalue weighted by molar-refractivity contribution is -0.115. The zero-order valence-corrected chi connectivity index (χ0v) is 20.7. The number of amides is 1. The molecule has 8 heteroatoms. The lowest BCUT2D eigenvalue weighted by atomic mass is 9.68. The number of hydrogen-bond acceptors (Lipinski definition) is 5. The normalized spacial score (nSPS) is 19.9. The largest absolute Gasteiger partial charge is 0.387 e. The molecule has 2 unspecified atom stereocenters. The van der Waals surface area contributed by atoms with E-state index in [1.807, 2.05) is 37.3 Å². The Labute approximate surface area is 204 Å². The van der Waals surface area contributed by atoms with Crippen molar-refractivity contribution in [2.45, 2.75) is 49.5 Å². The van der Waals surface area contributed by atoms with Gasteiger partial charge in [0.15, 0.2) is 9.84 Å². The van der Waals surface area contributed by atoms with Crippen molar-refractivity contribution in [3.8, 4) is 0 Å². The van der Waals surface area contributed by atoms with Crippen molar-refractivity contribution in [2.24, 2.45) is 0 Å². The Morgan fingerprint density at radius 3 is 2.44 bits per heavy atom. The molecule has 34 heavy (non-hydrogen) atoms. The van der Waals surface area contributed by atoms with E-state index in [1.165, 1.54) is 12.1 Å². The topological polar surface area (TPSA) is 96.4 Å². The van der Waals surface area contributed by atoms with Crippen molar-refractivity contribution in [1.82, 2.24) is 4.98 Å². The summed E-state index contributed by atoms with van der Waals surface area (Å²) < 4.78 is 23.9. The van der Waals surface area contributed by atoms with Gasteiger partial charge in [0, 0.05) is 21.7 Å². The van der Waals surface area contributed by atoms with Crippen LogP contribution in [0.3, 0.4) is 0 Å². The van der Waals surface area contributed by atoms with Crippen molar-refractivity contribution >= 4 is 33.2 Å². The molecule has 0 spiro atoms. The number of carbonyl (C=O) groups is 1. The van der Waals surface area contributed by atoms with Crippen LogP contribution in [0.15, 0.2) is 65.6 Å². The van der Waals surface area contributed by atoms with Crippen LogP contribution in [-0.2, 0) is 32.9 Å². The predicted octanol–water partition coefficient (Wildman–Crippen LogP) is 4.65. The Kier molecular flexibility index (Phi) is 6.80. The highest BCUT2D eigenvalue weighted by Crippen LogP contribution is 2.45. The third-order valence-electron chi connectivity index (χ3n) is 6.59. The van der Waals surface area contributed by atoms with E-state index in [0.29, 0.717) is 29.2 Å². The van der Waals surface area contributed by atoms with Crippen molar-refractivity contribution < 1.29 is 18.3 Å². The number of benzene rings is 2. The van der Waals surface area contributed by atoms with E-state index < -0.39 is 21.4 Å². The number of aryl methyl sites for hydroxylation is 1. The summed E-state index contributed by atoms with van der Waals surface area (Å²) in [7, 11) is -3.27. The number of aromatic nitrogens is 1. The van der Waals surface area contributed by atoms with Gasteiger partial charge in [0.25, 0.3) is 0 Å². The zero-order chi connectivity index (χ0) is 24.5. The molecule has 6 nitrogen and oxygen atoms in total. The Morgan fingerprint density at radius 1 is 1.12 bits per heavy atom. The third-order valence-corrected chi connectivity index (χ3v) is 8.59. The number of aliphatic hydroxyl groups is 1. The van der Waals surface area contributed by atoms with E-state index in [4.69, 9.17) is 11.6 Å². The number of carbonyl (C=O) groups excluding carboxylic acids is 1. The van der Waals surface area contributed by atoms with Crippen LogP contribution in [0.4, 0.5) is 5.82 Å². The summed E-state index contributed by atoms with van der Waals surface area (Å²) in [5, 5.41) is 14.6. The molecule has 1 amide bonds. The standard InChI is InChI=1S/C26H27ClN2O4S/c1-3-34(32,33)20-10-4-17(5-11-20)16-24(30)29-23-13-12-21-22(28-23)14-15-26(2,25(21)31)18-6-8-19(27)9-7-18/h4-13,25,31H,3,14-16H2,1-2H3,(H,28,29,30). The molecule has 0 radical (unpaired) electrons. The van der Waals surface area contributed by atoms with Gasteiger partial charge in [-0.3, -0.25) is 4.79 Å². The van der Waals surface area contributed by atoms with Crippen molar-refractivity contribution in [1.29, 1.82) is 0 Å². The summed E-state index contributed by atoms with van der Waals surface area (Å²) in [6.07, 6.45) is 0.748. The van der Waals surface area contributed by atoms with E-state index in [9.17, 15) is 18.3 Å². The molecule has 0 bridgehead atoms. The second-order valence-corrected chi connectivity index (χ2v) is 11.5. The fourth-order valence-electron chi connectivity index (χ4n) is 4.38. The van der Waals surface area contributed by atoms with E-state index in [1.54, 1.807) is 25.1 Å². The minimum atomic E-state index is -3.27. The van der Waals surface area contributed by atoms with Crippen molar-refractivity contribution in [3.63, 3.8) is 0 Å². The van der Waals surface area contributed by atoms with Crippen LogP contribution < -0.4 is 5.32 Å². The molecule has 0 saturated heterocycles. The average Bonchev–Trinajstić information content (AvgIpc) is 2.82. The fourth-order valence-corrected chi connectivity index (χ4v) is 5.39. The first-order valence-corrected chi connectivity index (χ1v) is 13.2. The van der Waals surface area contributed by atoms with Crippen molar-refractivity contribution in [2.75, 3.05) is 11.1 Å². The molecule has 1 aliphatic carbocycles. The van der Waals surface area contributed by atoms with Crippen LogP contribution in [-0.4, -0.2) is 30.2 Å². The minimum absolute atomic E-state index is 0.0321. The highest BCUT2D eigenvalue weighted by molar-refractivity contribution is 7.91. The maximum absolute atomic E-state index is 12.5. The lowest BCUT2D eigenvalue weighted by Gasteiger charge is -2.40. The number of sulfone groups is 1. The Morgan fingerprint density at radius 2 is 1.79 bits per heavy atom. The average molecular weight is 499 g/mol. The molecule has 3 aromatic rings. The first-order valence-electron chi connectivity index (χ1n) is 11.2. The van der Waals surface area contributed by atoms with Crippen LogP contribution >= 0.6 is 11.6 Å². The van der Waals surface area contributed by atoms with Gasteiger partial charge in [0.05, 0.1) is 23.2 Å². The van der Waals surface area contributed by atoms with E-state index >= 15 is 0 Å². The number of hydrogen-bond donors (Lipinski definition) is 2. The number of anilines is 1. The number of rotatable bonds is 6. The number of nitrogens with zero attached hydrogens (tertiary/aromatic N) is 1. The zero-order valence-electron chi connectivity index (χ0n) is 19.1. The second-order valence-electron chi connectivity index (χ2n) is 8.83. The van der Waals surface area contributed by atoms with E-state index in [0.717, 1.165) is 16.8 Å². The Bertz CT molecular complexity index is 1310. The Hall–Kier alpha value is -2.74. The van der Waals surface area contributed by atoms with Gasteiger partial charge in [-0.2, -0.15) is 0 Å². The van der Waals surface area contributed by atoms with Gasteiger partial charge in [-0.25, -0.2) is 13.4 Å². The summed E-state index contributed by atoms with van der Waals surface area (Å²) in [4.78, 5) is 17.4. The summed E-state index contributed by atoms with van der Waals surface area (Å²) in [6, 6.07) is 17.4. The molecule has 1 aromatic heterocycles. The molecule has 2 N–H and O–H groups in total. The quantitative estimate of drug-likeness (QED) is 0.515. The molecule has 2 aromatic carbocycles. The number of aliphatic hydroxyl groups excluding tert-OH is 1. The minimum Gasteiger partial charge on any atom is -0.387 e. The van der Waals surface area contributed by atoms with E-state index in [-0.39, 0.29) is 23.0 Å². The third kappa shape index (κ3) is 4.87.